The third-order valence-electron chi connectivity index (χ3n) is 2.82. The molecule has 18 heavy (non-hydrogen) atoms. The predicted molar refractivity (Wildman–Crippen MR) is 75.4 cm³/mol. The van der Waals surface area contributed by atoms with Crippen molar-refractivity contribution < 1.29 is 0 Å². The van der Waals surface area contributed by atoms with Gasteiger partial charge in [0.2, 0.25) is 0 Å². The maximum Gasteiger partial charge on any atom is 0.126 e. The van der Waals surface area contributed by atoms with Crippen molar-refractivity contribution in [2.75, 3.05) is 0 Å². The Morgan fingerprint density at radius 3 is 2.50 bits per heavy atom. The minimum absolute atomic E-state index is 0.185. The molecular formula is C14H13N3S. The SMILES string of the molecule is Cc1ccc(C2=NNC(c3ccncc3)S2)cc1. The molecule has 1 aliphatic heterocycles. The van der Waals surface area contributed by atoms with E-state index in [0.29, 0.717) is 0 Å². The summed E-state index contributed by atoms with van der Waals surface area (Å²) >= 11 is 1.73. The van der Waals surface area contributed by atoms with Gasteiger partial charge < -0.3 is 0 Å². The normalized spacial score (nSPS) is 18.3. The summed E-state index contributed by atoms with van der Waals surface area (Å²) in [7, 11) is 0. The number of benzene rings is 1. The minimum Gasteiger partial charge on any atom is -0.291 e. The first kappa shape index (κ1) is 11.3. The zero-order valence-corrected chi connectivity index (χ0v) is 10.8. The van der Waals surface area contributed by atoms with Crippen LogP contribution in [0.1, 0.15) is 22.1 Å². The van der Waals surface area contributed by atoms with Crippen molar-refractivity contribution in [2.45, 2.75) is 12.3 Å². The molecule has 4 heteroatoms. The molecule has 0 saturated carbocycles. The Bertz CT molecular complexity index is 563. The van der Waals surface area contributed by atoms with Crippen LogP contribution >= 0.6 is 11.8 Å². The lowest BCUT2D eigenvalue weighted by molar-refractivity contribution is 0.742. The fraction of sp³-hybridized carbons (Fsp3) is 0.143. The Labute approximate surface area is 110 Å². The van der Waals surface area contributed by atoms with Gasteiger partial charge in [-0.05, 0) is 24.6 Å². The van der Waals surface area contributed by atoms with E-state index in [2.05, 4.69) is 46.7 Å². The molecule has 0 aliphatic carbocycles. The molecule has 0 amide bonds. The monoisotopic (exact) mass is 255 g/mol. The van der Waals surface area contributed by atoms with Crippen molar-refractivity contribution in [1.82, 2.24) is 10.4 Å². The topological polar surface area (TPSA) is 37.3 Å². The molecule has 2 aromatic rings. The molecule has 1 unspecified atom stereocenters. The number of nitrogens with one attached hydrogen (secondary N) is 1. The van der Waals surface area contributed by atoms with Gasteiger partial charge in [0, 0.05) is 18.0 Å². The molecule has 1 aromatic carbocycles. The number of hydrazone groups is 1. The summed E-state index contributed by atoms with van der Waals surface area (Å²) in [5.41, 5.74) is 6.78. The highest BCUT2D eigenvalue weighted by Gasteiger charge is 2.21. The van der Waals surface area contributed by atoms with Crippen LogP contribution in [0.5, 0.6) is 0 Å². The van der Waals surface area contributed by atoms with Gasteiger partial charge in [-0.15, -0.1) is 0 Å². The van der Waals surface area contributed by atoms with Crippen LogP contribution in [0.2, 0.25) is 0 Å². The number of hydrogen-bond acceptors (Lipinski definition) is 4. The number of thioether (sulfide) groups is 1. The van der Waals surface area contributed by atoms with E-state index < -0.39 is 0 Å². The summed E-state index contributed by atoms with van der Waals surface area (Å²) < 4.78 is 0. The molecule has 2 heterocycles. The molecule has 1 aliphatic rings. The largest absolute Gasteiger partial charge is 0.291 e. The lowest BCUT2D eigenvalue weighted by Crippen LogP contribution is -2.06. The highest BCUT2D eigenvalue weighted by atomic mass is 32.2. The quantitative estimate of drug-likeness (QED) is 0.896. The van der Waals surface area contributed by atoms with Crippen LogP contribution in [0.25, 0.3) is 0 Å². The minimum atomic E-state index is 0.185. The molecule has 0 saturated heterocycles. The van der Waals surface area contributed by atoms with Gasteiger partial charge in [0.25, 0.3) is 0 Å². The van der Waals surface area contributed by atoms with Crippen molar-refractivity contribution in [1.29, 1.82) is 0 Å². The summed E-state index contributed by atoms with van der Waals surface area (Å²) in [6, 6.07) is 12.5. The van der Waals surface area contributed by atoms with E-state index in [0.717, 1.165) is 10.6 Å². The van der Waals surface area contributed by atoms with E-state index in [4.69, 9.17) is 0 Å². The van der Waals surface area contributed by atoms with Gasteiger partial charge >= 0.3 is 0 Å². The predicted octanol–water partition coefficient (Wildman–Crippen LogP) is 3.09. The highest BCUT2D eigenvalue weighted by molar-refractivity contribution is 8.14. The molecule has 3 rings (SSSR count). The van der Waals surface area contributed by atoms with Crippen molar-refractivity contribution in [2.24, 2.45) is 5.10 Å². The number of aromatic nitrogens is 1. The Morgan fingerprint density at radius 1 is 1.06 bits per heavy atom. The summed E-state index contributed by atoms with van der Waals surface area (Å²) in [4.78, 5) is 4.03. The van der Waals surface area contributed by atoms with E-state index in [9.17, 15) is 0 Å². The van der Waals surface area contributed by atoms with Crippen LogP contribution in [0.15, 0.2) is 53.9 Å². The molecule has 0 bridgehead atoms. The van der Waals surface area contributed by atoms with Gasteiger partial charge in [-0.3, -0.25) is 10.4 Å². The first-order valence-corrected chi connectivity index (χ1v) is 6.68. The maximum absolute atomic E-state index is 4.40. The Kier molecular flexibility index (Phi) is 3.02. The van der Waals surface area contributed by atoms with Gasteiger partial charge in [-0.1, -0.05) is 41.6 Å². The van der Waals surface area contributed by atoms with Crippen LogP contribution in [0, 0.1) is 6.92 Å². The van der Waals surface area contributed by atoms with E-state index in [1.807, 2.05) is 12.1 Å². The number of hydrogen-bond donors (Lipinski definition) is 1. The fourth-order valence-electron chi connectivity index (χ4n) is 1.79. The molecule has 1 atom stereocenters. The number of nitrogens with zero attached hydrogens (tertiary/aromatic N) is 2. The van der Waals surface area contributed by atoms with Gasteiger partial charge in [-0.25, -0.2) is 0 Å². The fourth-order valence-corrected chi connectivity index (χ4v) is 2.79. The summed E-state index contributed by atoms with van der Waals surface area (Å²) in [5, 5.41) is 5.63. The number of pyridine rings is 1. The molecule has 0 radical (unpaired) electrons. The molecule has 90 valence electrons. The van der Waals surface area contributed by atoms with Gasteiger partial charge in [-0.2, -0.15) is 5.10 Å². The number of rotatable bonds is 2. The van der Waals surface area contributed by atoms with Crippen LogP contribution in [-0.4, -0.2) is 10.0 Å². The third-order valence-corrected chi connectivity index (χ3v) is 3.98. The van der Waals surface area contributed by atoms with E-state index in [-0.39, 0.29) is 5.37 Å². The average Bonchev–Trinajstić information content (AvgIpc) is 2.90. The zero-order valence-electron chi connectivity index (χ0n) is 10.00. The van der Waals surface area contributed by atoms with Gasteiger partial charge in [0.15, 0.2) is 0 Å². The smallest absolute Gasteiger partial charge is 0.126 e. The van der Waals surface area contributed by atoms with Crippen molar-refractivity contribution in [3.63, 3.8) is 0 Å². The van der Waals surface area contributed by atoms with Crippen molar-refractivity contribution >= 4 is 16.8 Å². The second-order valence-corrected chi connectivity index (χ2v) is 5.28. The van der Waals surface area contributed by atoms with Crippen LogP contribution in [0.3, 0.4) is 0 Å². The second-order valence-electron chi connectivity index (χ2n) is 4.19. The molecule has 0 spiro atoms. The van der Waals surface area contributed by atoms with Gasteiger partial charge in [0.1, 0.15) is 10.4 Å². The third kappa shape index (κ3) is 2.24. The molecular weight excluding hydrogens is 242 g/mol. The van der Waals surface area contributed by atoms with Crippen molar-refractivity contribution in [3.8, 4) is 0 Å². The molecule has 1 N–H and O–H groups in total. The maximum atomic E-state index is 4.40. The van der Waals surface area contributed by atoms with Crippen molar-refractivity contribution in [3.05, 3.63) is 65.5 Å². The first-order chi connectivity index (χ1) is 8.83. The molecule has 1 aromatic heterocycles. The van der Waals surface area contributed by atoms with Crippen LogP contribution in [-0.2, 0) is 0 Å². The Hall–Kier alpha value is -1.81. The molecule has 3 nitrogen and oxygen atoms in total. The second kappa shape index (κ2) is 4.82. The summed E-state index contributed by atoms with van der Waals surface area (Å²) in [6.45, 7) is 2.09. The van der Waals surface area contributed by atoms with E-state index in [1.54, 1.807) is 24.2 Å². The Morgan fingerprint density at radius 2 is 1.78 bits per heavy atom. The lowest BCUT2D eigenvalue weighted by atomic mass is 10.2. The van der Waals surface area contributed by atoms with Gasteiger partial charge in [0.05, 0.1) is 0 Å². The molecule has 0 fully saturated rings. The standard InChI is InChI=1S/C14H13N3S/c1-10-2-4-11(5-3-10)13-16-17-14(18-13)12-6-8-15-9-7-12/h2-9,14,17H,1H3. The lowest BCUT2D eigenvalue weighted by Gasteiger charge is -2.08. The number of aryl methyl sites for hydroxylation is 1. The average molecular weight is 255 g/mol. The van der Waals surface area contributed by atoms with Crippen LogP contribution < -0.4 is 5.43 Å². The zero-order chi connectivity index (χ0) is 12.4. The summed E-state index contributed by atoms with van der Waals surface area (Å²) in [5.74, 6) is 0. The summed E-state index contributed by atoms with van der Waals surface area (Å²) in [6.07, 6.45) is 3.61. The van der Waals surface area contributed by atoms with E-state index in [1.165, 1.54) is 11.1 Å². The highest BCUT2D eigenvalue weighted by Crippen LogP contribution is 2.33. The van der Waals surface area contributed by atoms with E-state index >= 15 is 0 Å². The Balaban J connectivity index is 1.77. The van der Waals surface area contributed by atoms with Crippen LogP contribution in [0.4, 0.5) is 0 Å². The first-order valence-electron chi connectivity index (χ1n) is 5.80.